The summed E-state index contributed by atoms with van der Waals surface area (Å²) >= 11 is 0. The average molecular weight is 361 g/mol. The first-order chi connectivity index (χ1) is 12.4. The Labute approximate surface area is 155 Å². The largest absolute Gasteiger partial charge is 0.508 e. The van der Waals surface area contributed by atoms with Crippen molar-refractivity contribution in [1.82, 2.24) is 4.57 Å². The molecule has 1 aromatic heterocycles. The summed E-state index contributed by atoms with van der Waals surface area (Å²) in [7, 11) is 0. The van der Waals surface area contributed by atoms with Gasteiger partial charge in [0.15, 0.2) is 5.75 Å². The molecule has 0 unspecified atom stereocenters. The third-order valence-electron chi connectivity index (χ3n) is 4.22. The number of ether oxygens (including phenoxy) is 2. The van der Waals surface area contributed by atoms with E-state index >= 15 is 0 Å². The number of aromatic hydroxyl groups is 1. The summed E-state index contributed by atoms with van der Waals surface area (Å²) in [6.45, 7) is 10.4. The number of unbranched alkanes of at least 4 members (excludes halogenated alkanes) is 3. The number of phenols is 1. The van der Waals surface area contributed by atoms with Crippen molar-refractivity contribution in [3.63, 3.8) is 0 Å². The van der Waals surface area contributed by atoms with Crippen molar-refractivity contribution < 1.29 is 14.6 Å². The van der Waals surface area contributed by atoms with E-state index in [4.69, 9.17) is 9.47 Å². The molecule has 5 nitrogen and oxygen atoms in total. The fourth-order valence-corrected chi connectivity index (χ4v) is 3.05. The second kappa shape index (κ2) is 8.97. The van der Waals surface area contributed by atoms with Gasteiger partial charge < -0.3 is 19.1 Å². The van der Waals surface area contributed by atoms with Crippen LogP contribution in [0.25, 0.3) is 10.9 Å². The summed E-state index contributed by atoms with van der Waals surface area (Å²) in [5.41, 5.74) is 0.431. The molecule has 0 atom stereocenters. The maximum Gasteiger partial charge on any atom is 0.297 e. The molecule has 1 aromatic carbocycles. The summed E-state index contributed by atoms with van der Waals surface area (Å²) in [4.78, 5) is 13.1. The molecule has 5 heteroatoms. The highest BCUT2D eigenvalue weighted by Gasteiger charge is 2.22. The van der Waals surface area contributed by atoms with E-state index in [1.165, 1.54) is 6.42 Å². The highest BCUT2D eigenvalue weighted by Crippen LogP contribution is 2.36. The van der Waals surface area contributed by atoms with Gasteiger partial charge in [-0.05, 0) is 46.2 Å². The van der Waals surface area contributed by atoms with E-state index in [0.29, 0.717) is 17.9 Å². The highest BCUT2D eigenvalue weighted by atomic mass is 16.5. The Morgan fingerprint density at radius 2 is 1.81 bits per heavy atom. The van der Waals surface area contributed by atoms with E-state index in [0.717, 1.165) is 24.6 Å². The third-order valence-corrected chi connectivity index (χ3v) is 4.22. The van der Waals surface area contributed by atoms with Gasteiger partial charge in [0.05, 0.1) is 18.2 Å². The first-order valence-electron chi connectivity index (χ1n) is 9.57. The lowest BCUT2D eigenvalue weighted by atomic mass is 10.1. The molecule has 0 saturated heterocycles. The van der Waals surface area contributed by atoms with Gasteiger partial charge in [0, 0.05) is 17.5 Å². The maximum absolute atomic E-state index is 13.1. The van der Waals surface area contributed by atoms with Crippen LogP contribution < -0.4 is 15.0 Å². The number of pyridine rings is 1. The highest BCUT2D eigenvalue weighted by molar-refractivity contribution is 5.89. The van der Waals surface area contributed by atoms with Gasteiger partial charge in [-0.3, -0.25) is 4.79 Å². The SMILES string of the molecule is CCCCCCOc1c(OC(C)C)c(=O)n(C(C)C)c2cc(O)ccc12. The number of rotatable bonds is 9. The molecular weight excluding hydrogens is 330 g/mol. The van der Waals surface area contributed by atoms with Crippen LogP contribution >= 0.6 is 0 Å². The number of phenolic OH excluding ortho intramolecular Hbond substituents is 1. The van der Waals surface area contributed by atoms with Crippen molar-refractivity contribution in [3.8, 4) is 17.2 Å². The van der Waals surface area contributed by atoms with Crippen LogP contribution in [0, 0.1) is 0 Å². The normalized spacial score (nSPS) is 11.5. The lowest BCUT2D eigenvalue weighted by Gasteiger charge is -2.21. The second-order valence-electron chi connectivity index (χ2n) is 7.20. The Bertz CT molecular complexity index is 793. The Morgan fingerprint density at radius 3 is 2.42 bits per heavy atom. The van der Waals surface area contributed by atoms with E-state index < -0.39 is 0 Å². The Balaban J connectivity index is 2.58. The molecule has 0 fully saturated rings. The number of benzene rings is 1. The minimum Gasteiger partial charge on any atom is -0.508 e. The van der Waals surface area contributed by atoms with Crippen LogP contribution in [0.3, 0.4) is 0 Å². The molecule has 0 aliphatic rings. The van der Waals surface area contributed by atoms with E-state index in [1.807, 2.05) is 27.7 Å². The van der Waals surface area contributed by atoms with E-state index in [-0.39, 0.29) is 29.2 Å². The zero-order valence-corrected chi connectivity index (χ0v) is 16.5. The van der Waals surface area contributed by atoms with Crippen molar-refractivity contribution >= 4 is 10.9 Å². The molecule has 26 heavy (non-hydrogen) atoms. The molecule has 144 valence electrons. The third kappa shape index (κ3) is 4.51. The fourth-order valence-electron chi connectivity index (χ4n) is 3.05. The molecule has 0 saturated carbocycles. The van der Waals surface area contributed by atoms with Gasteiger partial charge in [0.2, 0.25) is 5.75 Å². The quantitative estimate of drug-likeness (QED) is 0.636. The molecule has 0 spiro atoms. The van der Waals surface area contributed by atoms with Gasteiger partial charge in [0.1, 0.15) is 5.75 Å². The van der Waals surface area contributed by atoms with Gasteiger partial charge in [-0.2, -0.15) is 0 Å². The number of hydrogen-bond acceptors (Lipinski definition) is 4. The number of fused-ring (bicyclic) bond motifs is 1. The zero-order chi connectivity index (χ0) is 19.3. The maximum atomic E-state index is 13.1. The van der Waals surface area contributed by atoms with Crippen LogP contribution in [0.5, 0.6) is 17.2 Å². The summed E-state index contributed by atoms with van der Waals surface area (Å²) < 4.78 is 13.5. The van der Waals surface area contributed by atoms with Crippen molar-refractivity contribution in [1.29, 1.82) is 0 Å². The van der Waals surface area contributed by atoms with Gasteiger partial charge >= 0.3 is 0 Å². The Morgan fingerprint density at radius 1 is 1.08 bits per heavy atom. The molecule has 0 amide bonds. The molecule has 0 bridgehead atoms. The summed E-state index contributed by atoms with van der Waals surface area (Å²) in [6.07, 6.45) is 4.22. The first kappa shape index (κ1) is 20.1. The molecule has 1 heterocycles. The average Bonchev–Trinajstić information content (AvgIpc) is 2.56. The first-order valence-corrected chi connectivity index (χ1v) is 9.57. The van der Waals surface area contributed by atoms with E-state index in [2.05, 4.69) is 6.92 Å². The molecule has 0 aliphatic carbocycles. The minimum atomic E-state index is -0.227. The molecular formula is C21H31NO4. The topological polar surface area (TPSA) is 60.7 Å². The van der Waals surface area contributed by atoms with Crippen LogP contribution in [0.2, 0.25) is 0 Å². The van der Waals surface area contributed by atoms with Crippen LogP contribution in [0.1, 0.15) is 66.3 Å². The van der Waals surface area contributed by atoms with Gasteiger partial charge in [-0.15, -0.1) is 0 Å². The molecule has 1 N–H and O–H groups in total. The van der Waals surface area contributed by atoms with Crippen molar-refractivity contribution in [2.24, 2.45) is 0 Å². The van der Waals surface area contributed by atoms with Gasteiger partial charge in [0.25, 0.3) is 5.56 Å². The van der Waals surface area contributed by atoms with Crippen LogP contribution in [0.15, 0.2) is 23.0 Å². The predicted molar refractivity (Wildman–Crippen MR) is 106 cm³/mol. The van der Waals surface area contributed by atoms with Crippen molar-refractivity contribution in [3.05, 3.63) is 28.6 Å². The van der Waals surface area contributed by atoms with E-state index in [1.54, 1.807) is 22.8 Å². The fraction of sp³-hybridized carbons (Fsp3) is 0.571. The monoisotopic (exact) mass is 361 g/mol. The lowest BCUT2D eigenvalue weighted by Crippen LogP contribution is -2.26. The number of aromatic nitrogens is 1. The molecule has 2 rings (SSSR count). The van der Waals surface area contributed by atoms with Crippen LogP contribution in [0.4, 0.5) is 0 Å². The Kier molecular flexibility index (Phi) is 6.95. The Hall–Kier alpha value is -2.17. The van der Waals surface area contributed by atoms with Gasteiger partial charge in [-0.25, -0.2) is 0 Å². The number of nitrogens with zero attached hydrogens (tertiary/aromatic N) is 1. The van der Waals surface area contributed by atoms with Crippen molar-refractivity contribution in [2.75, 3.05) is 6.61 Å². The zero-order valence-electron chi connectivity index (χ0n) is 16.5. The lowest BCUT2D eigenvalue weighted by molar-refractivity contribution is 0.215. The van der Waals surface area contributed by atoms with E-state index in [9.17, 15) is 9.90 Å². The van der Waals surface area contributed by atoms with Crippen LogP contribution in [-0.4, -0.2) is 22.4 Å². The summed E-state index contributed by atoms with van der Waals surface area (Å²) in [6, 6.07) is 4.94. The van der Waals surface area contributed by atoms with Crippen molar-refractivity contribution in [2.45, 2.75) is 72.4 Å². The summed E-state index contributed by atoms with van der Waals surface area (Å²) in [5.74, 6) is 0.854. The molecule has 2 aromatic rings. The van der Waals surface area contributed by atoms with Crippen LogP contribution in [-0.2, 0) is 0 Å². The predicted octanol–water partition coefficient (Wildman–Crippen LogP) is 5.03. The minimum absolute atomic E-state index is 0.0695. The standard InChI is InChI=1S/C21H31NO4/c1-6-7-8-9-12-25-19-17-11-10-16(23)13-18(17)22(14(2)3)21(24)20(19)26-15(4)5/h10-11,13-15,23H,6-9,12H2,1-5H3. The number of hydrogen-bond donors (Lipinski definition) is 1. The van der Waals surface area contributed by atoms with Gasteiger partial charge in [-0.1, -0.05) is 26.2 Å². The molecule has 0 aliphatic heterocycles. The smallest absolute Gasteiger partial charge is 0.297 e. The second-order valence-corrected chi connectivity index (χ2v) is 7.20. The summed E-state index contributed by atoms with van der Waals surface area (Å²) in [5, 5.41) is 10.7. The molecule has 0 radical (unpaired) electrons.